The number of aryl methyl sites for hydroxylation is 1. The summed E-state index contributed by atoms with van der Waals surface area (Å²) in [4.78, 5) is 0. The van der Waals surface area contributed by atoms with Crippen molar-refractivity contribution in [3.05, 3.63) is 18.0 Å². The second-order valence-corrected chi connectivity index (χ2v) is 3.78. The van der Waals surface area contributed by atoms with E-state index in [4.69, 9.17) is 0 Å². The van der Waals surface area contributed by atoms with Crippen molar-refractivity contribution in [2.45, 2.75) is 25.4 Å². The van der Waals surface area contributed by atoms with Gasteiger partial charge in [0.2, 0.25) is 0 Å². The maximum Gasteiger partial charge on any atom is 0.0762 e. The van der Waals surface area contributed by atoms with Crippen LogP contribution in [0.1, 0.15) is 19.0 Å². The zero-order valence-corrected chi connectivity index (χ0v) is 9.27. The van der Waals surface area contributed by atoms with E-state index in [1.807, 2.05) is 26.2 Å². The minimum atomic E-state index is -0.600. The molecule has 86 valence electrons. The van der Waals surface area contributed by atoms with Crippen LogP contribution in [0.5, 0.6) is 0 Å². The molecule has 0 aliphatic rings. The second kappa shape index (κ2) is 5.25. The normalized spacial score (nSPS) is 12.0. The Morgan fingerprint density at radius 3 is 2.53 bits per heavy atom. The van der Waals surface area contributed by atoms with E-state index in [0.717, 1.165) is 5.69 Å². The summed E-state index contributed by atoms with van der Waals surface area (Å²) in [6.07, 6.45) is 2.54. The van der Waals surface area contributed by atoms with Crippen LogP contribution in [0.2, 0.25) is 0 Å². The number of aliphatic hydroxyl groups excluding tert-OH is 2. The van der Waals surface area contributed by atoms with Crippen LogP contribution in [-0.2, 0) is 13.6 Å². The molecule has 0 amide bonds. The van der Waals surface area contributed by atoms with E-state index in [-0.39, 0.29) is 13.2 Å². The molecule has 1 aromatic heterocycles. The van der Waals surface area contributed by atoms with Crippen molar-refractivity contribution in [2.24, 2.45) is 7.05 Å². The van der Waals surface area contributed by atoms with Gasteiger partial charge < -0.3 is 15.5 Å². The number of hydrogen-bond acceptors (Lipinski definition) is 4. The monoisotopic (exact) mass is 213 g/mol. The first-order chi connectivity index (χ1) is 7.15. The van der Waals surface area contributed by atoms with Crippen molar-refractivity contribution < 1.29 is 10.2 Å². The van der Waals surface area contributed by atoms with Gasteiger partial charge in [0.1, 0.15) is 0 Å². The van der Waals surface area contributed by atoms with Crippen LogP contribution < -0.4 is 5.32 Å². The highest BCUT2D eigenvalue weighted by molar-refractivity contribution is 5.00. The number of nitrogens with zero attached hydrogens (tertiary/aromatic N) is 2. The summed E-state index contributed by atoms with van der Waals surface area (Å²) < 4.78 is 1.72. The predicted octanol–water partition coefficient (Wildman–Crippen LogP) is -0.357. The fourth-order valence-electron chi connectivity index (χ4n) is 1.35. The predicted molar refractivity (Wildman–Crippen MR) is 57.2 cm³/mol. The van der Waals surface area contributed by atoms with E-state index in [1.54, 1.807) is 4.68 Å². The molecule has 5 nitrogen and oxygen atoms in total. The quantitative estimate of drug-likeness (QED) is 0.604. The van der Waals surface area contributed by atoms with Crippen LogP contribution in [0.25, 0.3) is 0 Å². The Balaban J connectivity index is 2.54. The summed E-state index contributed by atoms with van der Waals surface area (Å²) in [5.41, 5.74) is 0.301. The first kappa shape index (κ1) is 12.2. The SMILES string of the molecule is CCC(CO)(CO)NCc1ccn(C)n1. The van der Waals surface area contributed by atoms with Crippen molar-refractivity contribution in [3.63, 3.8) is 0 Å². The van der Waals surface area contributed by atoms with Crippen molar-refractivity contribution in [3.8, 4) is 0 Å². The Hall–Kier alpha value is -0.910. The van der Waals surface area contributed by atoms with Crippen LogP contribution in [0.4, 0.5) is 0 Å². The van der Waals surface area contributed by atoms with Gasteiger partial charge in [-0.05, 0) is 12.5 Å². The lowest BCUT2D eigenvalue weighted by Gasteiger charge is -2.29. The van der Waals surface area contributed by atoms with E-state index >= 15 is 0 Å². The molecular weight excluding hydrogens is 194 g/mol. The molecule has 0 atom stereocenters. The van der Waals surface area contributed by atoms with Gasteiger partial charge in [0, 0.05) is 19.8 Å². The van der Waals surface area contributed by atoms with Gasteiger partial charge in [-0.15, -0.1) is 0 Å². The molecule has 1 heterocycles. The summed E-state index contributed by atoms with van der Waals surface area (Å²) >= 11 is 0. The summed E-state index contributed by atoms with van der Waals surface area (Å²) in [5, 5.41) is 25.8. The highest BCUT2D eigenvalue weighted by atomic mass is 16.3. The van der Waals surface area contributed by atoms with Crippen LogP contribution in [-0.4, -0.2) is 38.7 Å². The third-order valence-corrected chi connectivity index (χ3v) is 2.70. The molecule has 0 radical (unpaired) electrons. The number of nitrogens with one attached hydrogen (secondary N) is 1. The zero-order valence-electron chi connectivity index (χ0n) is 9.27. The van der Waals surface area contributed by atoms with Crippen molar-refractivity contribution in [1.29, 1.82) is 0 Å². The molecule has 0 bridgehead atoms. The van der Waals surface area contributed by atoms with E-state index in [2.05, 4.69) is 10.4 Å². The number of aliphatic hydroxyl groups is 2. The summed E-state index contributed by atoms with van der Waals surface area (Å²) in [6.45, 7) is 2.33. The lowest BCUT2D eigenvalue weighted by atomic mass is 9.98. The largest absolute Gasteiger partial charge is 0.394 e. The van der Waals surface area contributed by atoms with Gasteiger partial charge in [0.25, 0.3) is 0 Å². The Morgan fingerprint density at radius 1 is 1.47 bits per heavy atom. The lowest BCUT2D eigenvalue weighted by Crippen LogP contribution is -2.50. The average molecular weight is 213 g/mol. The van der Waals surface area contributed by atoms with E-state index in [1.165, 1.54) is 0 Å². The van der Waals surface area contributed by atoms with Crippen LogP contribution in [0.15, 0.2) is 12.3 Å². The molecule has 0 unspecified atom stereocenters. The topological polar surface area (TPSA) is 70.3 Å². The van der Waals surface area contributed by atoms with Gasteiger partial charge in [0.15, 0.2) is 0 Å². The second-order valence-electron chi connectivity index (χ2n) is 3.78. The average Bonchev–Trinajstić information content (AvgIpc) is 2.67. The standard InChI is InChI=1S/C10H19N3O2/c1-3-10(7-14,8-15)11-6-9-4-5-13(2)12-9/h4-5,11,14-15H,3,6-8H2,1-2H3. The van der Waals surface area contributed by atoms with E-state index in [9.17, 15) is 10.2 Å². The van der Waals surface area contributed by atoms with Gasteiger partial charge in [-0.1, -0.05) is 6.92 Å². The third kappa shape index (κ3) is 3.02. The maximum atomic E-state index is 9.21. The molecule has 15 heavy (non-hydrogen) atoms. The van der Waals surface area contributed by atoms with Gasteiger partial charge in [-0.25, -0.2) is 0 Å². The number of hydrogen-bond donors (Lipinski definition) is 3. The molecule has 0 aliphatic heterocycles. The summed E-state index contributed by atoms with van der Waals surface area (Å²) in [7, 11) is 1.86. The Bertz CT molecular complexity index is 286. The number of aromatic nitrogens is 2. The van der Waals surface area contributed by atoms with Gasteiger partial charge in [-0.2, -0.15) is 5.10 Å². The molecule has 0 fully saturated rings. The minimum absolute atomic E-state index is 0.0766. The summed E-state index contributed by atoms with van der Waals surface area (Å²) in [5.74, 6) is 0. The van der Waals surface area contributed by atoms with Gasteiger partial charge in [-0.3, -0.25) is 4.68 Å². The molecule has 0 aromatic carbocycles. The van der Waals surface area contributed by atoms with E-state index < -0.39 is 5.54 Å². The molecule has 5 heteroatoms. The van der Waals surface area contributed by atoms with Crippen LogP contribution in [0, 0.1) is 0 Å². The summed E-state index contributed by atoms with van der Waals surface area (Å²) in [6, 6.07) is 1.90. The minimum Gasteiger partial charge on any atom is -0.394 e. The zero-order chi connectivity index (χ0) is 11.3. The maximum absolute atomic E-state index is 9.21. The Labute approximate surface area is 89.7 Å². The Morgan fingerprint density at radius 2 is 2.13 bits per heavy atom. The molecule has 0 saturated carbocycles. The highest BCUT2D eigenvalue weighted by Crippen LogP contribution is 2.09. The van der Waals surface area contributed by atoms with Crippen LogP contribution in [0.3, 0.4) is 0 Å². The lowest BCUT2D eigenvalue weighted by molar-refractivity contribution is 0.0861. The Kier molecular flexibility index (Phi) is 4.26. The molecule has 0 spiro atoms. The first-order valence-electron chi connectivity index (χ1n) is 5.11. The first-order valence-corrected chi connectivity index (χ1v) is 5.11. The van der Waals surface area contributed by atoms with E-state index in [0.29, 0.717) is 13.0 Å². The fraction of sp³-hybridized carbons (Fsp3) is 0.700. The molecule has 1 aromatic rings. The van der Waals surface area contributed by atoms with Crippen molar-refractivity contribution in [2.75, 3.05) is 13.2 Å². The highest BCUT2D eigenvalue weighted by Gasteiger charge is 2.25. The van der Waals surface area contributed by atoms with Gasteiger partial charge in [0.05, 0.1) is 24.4 Å². The molecule has 1 rings (SSSR count). The smallest absolute Gasteiger partial charge is 0.0762 e. The molecule has 3 N–H and O–H groups in total. The van der Waals surface area contributed by atoms with Crippen molar-refractivity contribution in [1.82, 2.24) is 15.1 Å². The molecule has 0 aliphatic carbocycles. The fourth-order valence-corrected chi connectivity index (χ4v) is 1.35. The van der Waals surface area contributed by atoms with Crippen molar-refractivity contribution >= 4 is 0 Å². The third-order valence-electron chi connectivity index (χ3n) is 2.70. The van der Waals surface area contributed by atoms with Crippen LogP contribution >= 0.6 is 0 Å². The van der Waals surface area contributed by atoms with Gasteiger partial charge >= 0.3 is 0 Å². The molecular formula is C10H19N3O2. The molecule has 0 saturated heterocycles. The number of rotatable bonds is 6.